The van der Waals surface area contributed by atoms with Crippen molar-refractivity contribution < 1.29 is 18.0 Å². The zero-order valence-corrected chi connectivity index (χ0v) is 17.5. The number of imidazole rings is 1. The molecule has 0 unspecified atom stereocenters. The molecule has 164 valence electrons. The number of likely N-dealkylation sites (tertiary alicyclic amines) is 1. The molecule has 0 atom stereocenters. The summed E-state index contributed by atoms with van der Waals surface area (Å²) in [6.45, 7) is 2.68. The number of carbonyl (C=O) groups is 1. The Labute approximate surface area is 182 Å². The van der Waals surface area contributed by atoms with Gasteiger partial charge in [-0.15, -0.1) is 0 Å². The van der Waals surface area contributed by atoms with E-state index in [0.29, 0.717) is 5.69 Å². The molecule has 5 nitrogen and oxygen atoms in total. The van der Waals surface area contributed by atoms with Crippen molar-refractivity contribution in [3.05, 3.63) is 70.6 Å². The number of rotatable bonds is 5. The van der Waals surface area contributed by atoms with Crippen LogP contribution in [-0.2, 0) is 23.9 Å². The summed E-state index contributed by atoms with van der Waals surface area (Å²) < 4.78 is 40.1. The molecule has 1 amide bonds. The molecule has 0 radical (unpaired) electrons. The van der Waals surface area contributed by atoms with Crippen LogP contribution in [0.1, 0.15) is 29.7 Å². The van der Waals surface area contributed by atoms with Crippen LogP contribution in [-0.4, -0.2) is 39.3 Å². The third-order valence-electron chi connectivity index (χ3n) is 5.43. The zero-order chi connectivity index (χ0) is 22.0. The normalized spacial score (nSPS) is 16.0. The van der Waals surface area contributed by atoms with E-state index in [9.17, 15) is 18.0 Å². The molecule has 0 aliphatic carbocycles. The molecule has 9 heteroatoms. The number of alkyl halides is 3. The number of halogens is 4. The van der Waals surface area contributed by atoms with E-state index in [0.717, 1.165) is 44.7 Å². The summed E-state index contributed by atoms with van der Waals surface area (Å²) in [6.07, 6.45) is -0.468. The van der Waals surface area contributed by atoms with Crippen molar-refractivity contribution >= 4 is 23.2 Å². The van der Waals surface area contributed by atoms with Crippen LogP contribution in [0.25, 0.3) is 5.65 Å². The molecule has 3 aromatic rings. The second-order valence-electron chi connectivity index (χ2n) is 7.82. The van der Waals surface area contributed by atoms with Crippen molar-refractivity contribution in [3.8, 4) is 0 Å². The van der Waals surface area contributed by atoms with E-state index in [4.69, 9.17) is 11.6 Å². The number of nitrogens with one attached hydrogen (secondary N) is 1. The summed E-state index contributed by atoms with van der Waals surface area (Å²) in [5, 5.41) is 2.91. The van der Waals surface area contributed by atoms with Gasteiger partial charge in [0.25, 0.3) is 0 Å². The standard InChI is InChI=1S/C22H22ClF3N4O/c23-19-10-16(22(24,25)26)13-30-14-18(28-21(19)30)11-20(31)27-17-6-8-29(9-7-17)12-15-4-2-1-3-5-15/h1-5,10,13-14,17H,6-9,11-12H2,(H,27,31). The lowest BCUT2D eigenvalue weighted by Gasteiger charge is -2.32. The lowest BCUT2D eigenvalue weighted by molar-refractivity contribution is -0.137. The van der Waals surface area contributed by atoms with Crippen LogP contribution >= 0.6 is 11.6 Å². The second kappa shape index (κ2) is 8.88. The molecule has 4 rings (SSSR count). The van der Waals surface area contributed by atoms with Crippen LogP contribution in [0.15, 0.2) is 48.8 Å². The van der Waals surface area contributed by atoms with Gasteiger partial charge in [0, 0.05) is 38.1 Å². The van der Waals surface area contributed by atoms with E-state index in [2.05, 4.69) is 27.3 Å². The van der Waals surface area contributed by atoms with Gasteiger partial charge < -0.3 is 9.72 Å². The van der Waals surface area contributed by atoms with Gasteiger partial charge in [-0.2, -0.15) is 13.2 Å². The van der Waals surface area contributed by atoms with Crippen LogP contribution in [0.2, 0.25) is 5.02 Å². The number of hydrogen-bond acceptors (Lipinski definition) is 3. The van der Waals surface area contributed by atoms with E-state index in [1.54, 1.807) is 0 Å². The smallest absolute Gasteiger partial charge is 0.353 e. The molecule has 0 spiro atoms. The Kier molecular flexibility index (Phi) is 6.20. The predicted octanol–water partition coefficient (Wildman–Crippen LogP) is 4.33. The minimum absolute atomic E-state index is 0.0103. The van der Waals surface area contributed by atoms with Crippen molar-refractivity contribution in [2.45, 2.75) is 38.0 Å². The highest BCUT2D eigenvalue weighted by Gasteiger charge is 2.32. The Bertz CT molecular complexity index is 1060. The number of nitrogens with zero attached hydrogens (tertiary/aromatic N) is 3. The lowest BCUT2D eigenvalue weighted by Crippen LogP contribution is -2.44. The van der Waals surface area contributed by atoms with Gasteiger partial charge in [0.1, 0.15) is 0 Å². The maximum atomic E-state index is 13.0. The highest BCUT2D eigenvalue weighted by Crippen LogP contribution is 2.32. The number of benzene rings is 1. The Morgan fingerprint density at radius 2 is 1.87 bits per heavy atom. The number of pyridine rings is 1. The highest BCUT2D eigenvalue weighted by atomic mass is 35.5. The molecular weight excluding hydrogens is 429 g/mol. The van der Waals surface area contributed by atoms with Gasteiger partial charge in [0.15, 0.2) is 5.65 Å². The van der Waals surface area contributed by atoms with Crippen molar-refractivity contribution in [1.29, 1.82) is 0 Å². The maximum absolute atomic E-state index is 13.0. The summed E-state index contributed by atoms with van der Waals surface area (Å²) in [6, 6.07) is 11.2. The average molecular weight is 451 g/mol. The van der Waals surface area contributed by atoms with Crippen molar-refractivity contribution in [1.82, 2.24) is 19.6 Å². The molecule has 1 aliphatic rings. The fourth-order valence-corrected chi connectivity index (χ4v) is 4.13. The number of hydrogen-bond donors (Lipinski definition) is 1. The van der Waals surface area contributed by atoms with Gasteiger partial charge >= 0.3 is 6.18 Å². The van der Waals surface area contributed by atoms with E-state index < -0.39 is 11.7 Å². The molecule has 3 heterocycles. The molecule has 1 aliphatic heterocycles. The van der Waals surface area contributed by atoms with Gasteiger partial charge in [-0.25, -0.2) is 4.98 Å². The van der Waals surface area contributed by atoms with E-state index >= 15 is 0 Å². The summed E-state index contributed by atoms with van der Waals surface area (Å²) in [7, 11) is 0. The van der Waals surface area contributed by atoms with Crippen LogP contribution in [0.4, 0.5) is 13.2 Å². The molecule has 1 saturated heterocycles. The van der Waals surface area contributed by atoms with Crippen LogP contribution in [0.3, 0.4) is 0 Å². The van der Waals surface area contributed by atoms with Gasteiger partial charge in [-0.05, 0) is 24.5 Å². The molecule has 1 N–H and O–H groups in total. The van der Waals surface area contributed by atoms with Gasteiger partial charge in [0.2, 0.25) is 5.91 Å². The molecule has 0 bridgehead atoms. The maximum Gasteiger partial charge on any atom is 0.417 e. The van der Waals surface area contributed by atoms with Gasteiger partial charge in [0.05, 0.1) is 22.7 Å². The second-order valence-corrected chi connectivity index (χ2v) is 8.23. The zero-order valence-electron chi connectivity index (χ0n) is 16.7. The molecule has 31 heavy (non-hydrogen) atoms. The topological polar surface area (TPSA) is 49.6 Å². The van der Waals surface area contributed by atoms with Gasteiger partial charge in [-0.3, -0.25) is 9.69 Å². The van der Waals surface area contributed by atoms with Crippen molar-refractivity contribution in [2.24, 2.45) is 0 Å². The molecule has 2 aromatic heterocycles. The third kappa shape index (κ3) is 5.37. The fourth-order valence-electron chi connectivity index (χ4n) is 3.87. The van der Waals surface area contributed by atoms with Gasteiger partial charge in [-0.1, -0.05) is 41.9 Å². The monoisotopic (exact) mass is 450 g/mol. The van der Waals surface area contributed by atoms with Crippen LogP contribution in [0.5, 0.6) is 0 Å². The SMILES string of the molecule is O=C(Cc1cn2cc(C(F)(F)F)cc(Cl)c2n1)NC1CCN(Cc2ccccc2)CC1. The summed E-state index contributed by atoms with van der Waals surface area (Å²) in [5.41, 5.74) is 0.983. The number of amides is 1. The van der Waals surface area contributed by atoms with Crippen LogP contribution < -0.4 is 5.32 Å². The highest BCUT2D eigenvalue weighted by molar-refractivity contribution is 6.33. The first kappa shape index (κ1) is 21.6. The summed E-state index contributed by atoms with van der Waals surface area (Å²) in [4.78, 5) is 19.0. The minimum Gasteiger partial charge on any atom is -0.353 e. The average Bonchev–Trinajstić information content (AvgIpc) is 3.12. The Hall–Kier alpha value is -2.58. The minimum atomic E-state index is -4.50. The first-order valence-corrected chi connectivity index (χ1v) is 10.5. The van der Waals surface area contributed by atoms with Crippen LogP contribution in [0, 0.1) is 0 Å². The van der Waals surface area contributed by atoms with Crippen molar-refractivity contribution in [2.75, 3.05) is 13.1 Å². The first-order valence-electron chi connectivity index (χ1n) is 10.1. The number of aromatic nitrogens is 2. The van der Waals surface area contributed by atoms with E-state index in [1.807, 2.05) is 18.2 Å². The molecule has 1 aromatic carbocycles. The lowest BCUT2D eigenvalue weighted by atomic mass is 10.0. The molecule has 0 saturated carbocycles. The quantitative estimate of drug-likeness (QED) is 0.629. The molecule has 1 fully saturated rings. The fraction of sp³-hybridized carbons (Fsp3) is 0.364. The Balaban J connectivity index is 1.32. The number of carbonyl (C=O) groups excluding carboxylic acids is 1. The number of fused-ring (bicyclic) bond motifs is 1. The number of piperidine rings is 1. The summed E-state index contributed by atoms with van der Waals surface area (Å²) in [5.74, 6) is -0.197. The Morgan fingerprint density at radius 3 is 2.55 bits per heavy atom. The predicted molar refractivity (Wildman–Crippen MR) is 112 cm³/mol. The third-order valence-corrected chi connectivity index (χ3v) is 5.71. The van der Waals surface area contributed by atoms with E-state index in [-0.39, 0.29) is 29.0 Å². The molecular formula is C22H22ClF3N4O. The van der Waals surface area contributed by atoms with E-state index in [1.165, 1.54) is 16.2 Å². The first-order chi connectivity index (χ1) is 14.8. The summed E-state index contributed by atoms with van der Waals surface area (Å²) >= 11 is 5.96. The largest absolute Gasteiger partial charge is 0.417 e. The Morgan fingerprint density at radius 1 is 1.16 bits per heavy atom. The van der Waals surface area contributed by atoms with Crippen molar-refractivity contribution in [3.63, 3.8) is 0 Å².